The molecule has 1 aliphatic rings. The SMILES string of the molecule is CCOC(=O)c1csc(CC2(C(=O)O)C(c3ccc(C)cc3)=C(CNC(=O)OCc3ccccc3)C(CC(C)C)=NC2C)n1. The van der Waals surface area contributed by atoms with E-state index in [4.69, 9.17) is 14.5 Å². The number of aliphatic imine (C=N–C) groups is 1. The first-order valence-electron chi connectivity index (χ1n) is 14.7. The van der Waals surface area contributed by atoms with E-state index in [9.17, 15) is 19.5 Å². The minimum absolute atomic E-state index is 0.00278. The number of nitrogens with zero attached hydrogens (tertiary/aromatic N) is 2. The molecule has 0 fully saturated rings. The lowest BCUT2D eigenvalue weighted by Crippen LogP contribution is -2.48. The van der Waals surface area contributed by atoms with Crippen molar-refractivity contribution in [3.8, 4) is 0 Å². The van der Waals surface area contributed by atoms with Crippen molar-refractivity contribution in [2.24, 2.45) is 16.3 Å². The Morgan fingerprint density at radius 1 is 1.07 bits per heavy atom. The smallest absolute Gasteiger partial charge is 0.407 e. The molecule has 0 aliphatic carbocycles. The summed E-state index contributed by atoms with van der Waals surface area (Å²) in [6, 6.07) is 16.4. The molecule has 0 bridgehead atoms. The van der Waals surface area contributed by atoms with Crippen molar-refractivity contribution >= 4 is 40.7 Å². The summed E-state index contributed by atoms with van der Waals surface area (Å²) in [6.07, 6.45) is -0.0283. The minimum Gasteiger partial charge on any atom is -0.481 e. The number of aliphatic carboxylic acids is 1. The highest BCUT2D eigenvalue weighted by Crippen LogP contribution is 2.48. The second kappa shape index (κ2) is 14.4. The zero-order valence-electron chi connectivity index (χ0n) is 25.8. The number of carboxylic acids is 1. The van der Waals surface area contributed by atoms with E-state index in [0.29, 0.717) is 22.6 Å². The lowest BCUT2D eigenvalue weighted by atomic mass is 9.65. The highest BCUT2D eigenvalue weighted by atomic mass is 32.1. The Kier molecular flexibility index (Phi) is 10.7. The third-order valence-corrected chi connectivity index (χ3v) is 8.42. The fourth-order valence-corrected chi connectivity index (χ4v) is 6.27. The number of hydrogen-bond donors (Lipinski definition) is 2. The van der Waals surface area contributed by atoms with Gasteiger partial charge in [-0.3, -0.25) is 9.79 Å². The number of carbonyl (C=O) groups excluding carboxylic acids is 2. The van der Waals surface area contributed by atoms with Crippen molar-refractivity contribution in [3.05, 3.63) is 92.9 Å². The largest absolute Gasteiger partial charge is 0.481 e. The predicted molar refractivity (Wildman–Crippen MR) is 171 cm³/mol. The van der Waals surface area contributed by atoms with Gasteiger partial charge in [0, 0.05) is 24.1 Å². The topological polar surface area (TPSA) is 127 Å². The average Bonchev–Trinajstić information content (AvgIpc) is 3.46. The number of aryl methyl sites for hydroxylation is 1. The molecular weight excluding hydrogens is 578 g/mol. The Balaban J connectivity index is 1.80. The van der Waals surface area contributed by atoms with Gasteiger partial charge in [0.1, 0.15) is 12.0 Å². The molecule has 10 heteroatoms. The van der Waals surface area contributed by atoms with Crippen LogP contribution in [0.4, 0.5) is 4.79 Å². The normalized spacial score (nSPS) is 18.1. The molecule has 2 atom stereocenters. The maximum atomic E-state index is 13.5. The van der Waals surface area contributed by atoms with Crippen molar-refractivity contribution in [1.82, 2.24) is 10.3 Å². The van der Waals surface area contributed by atoms with Crippen LogP contribution in [-0.2, 0) is 27.3 Å². The van der Waals surface area contributed by atoms with Gasteiger partial charge >= 0.3 is 18.0 Å². The number of benzene rings is 2. The second-order valence-electron chi connectivity index (χ2n) is 11.3. The van der Waals surface area contributed by atoms with Gasteiger partial charge in [0.05, 0.1) is 17.7 Å². The van der Waals surface area contributed by atoms with Crippen LogP contribution in [0, 0.1) is 18.3 Å². The summed E-state index contributed by atoms with van der Waals surface area (Å²) in [5.74, 6) is -1.39. The van der Waals surface area contributed by atoms with Crippen molar-refractivity contribution < 1.29 is 29.0 Å². The molecule has 44 heavy (non-hydrogen) atoms. The maximum absolute atomic E-state index is 13.5. The number of carboxylic acid groups (broad SMARTS) is 1. The monoisotopic (exact) mass is 617 g/mol. The van der Waals surface area contributed by atoms with Crippen LogP contribution in [0.15, 0.2) is 70.5 Å². The highest BCUT2D eigenvalue weighted by Gasteiger charge is 2.52. The number of hydrogen-bond acceptors (Lipinski definition) is 8. The van der Waals surface area contributed by atoms with E-state index in [1.165, 1.54) is 11.3 Å². The van der Waals surface area contributed by atoms with Gasteiger partial charge in [-0.05, 0) is 55.4 Å². The van der Waals surface area contributed by atoms with Crippen molar-refractivity contribution in [3.63, 3.8) is 0 Å². The first-order valence-corrected chi connectivity index (χ1v) is 15.6. The highest BCUT2D eigenvalue weighted by molar-refractivity contribution is 7.09. The molecule has 1 aliphatic heterocycles. The van der Waals surface area contributed by atoms with Gasteiger partial charge in [-0.15, -0.1) is 11.3 Å². The lowest BCUT2D eigenvalue weighted by Gasteiger charge is -2.41. The van der Waals surface area contributed by atoms with Gasteiger partial charge in [0.15, 0.2) is 5.69 Å². The first kappa shape index (κ1) is 32.6. The number of nitrogens with one attached hydrogen (secondary N) is 1. The molecule has 4 rings (SSSR count). The third kappa shape index (κ3) is 7.42. The Bertz CT molecular complexity index is 1540. The van der Waals surface area contributed by atoms with Gasteiger partial charge in [-0.1, -0.05) is 74.0 Å². The Labute approximate surface area is 262 Å². The summed E-state index contributed by atoms with van der Waals surface area (Å²) in [4.78, 5) is 48.2. The second-order valence-corrected chi connectivity index (χ2v) is 12.2. The molecular formula is C34H39N3O6S. The average molecular weight is 618 g/mol. The molecule has 232 valence electrons. The van der Waals surface area contributed by atoms with E-state index < -0.39 is 29.5 Å². The molecule has 1 amide bonds. The quantitative estimate of drug-likeness (QED) is 0.222. The van der Waals surface area contributed by atoms with Crippen LogP contribution >= 0.6 is 11.3 Å². The van der Waals surface area contributed by atoms with E-state index in [1.807, 2.05) is 61.5 Å². The van der Waals surface area contributed by atoms with Crippen LogP contribution in [0.3, 0.4) is 0 Å². The summed E-state index contributed by atoms with van der Waals surface area (Å²) >= 11 is 1.21. The molecule has 2 N–H and O–H groups in total. The summed E-state index contributed by atoms with van der Waals surface area (Å²) in [6.45, 7) is 9.97. The first-order chi connectivity index (χ1) is 21.0. The number of rotatable bonds is 12. The molecule has 9 nitrogen and oxygen atoms in total. The summed E-state index contributed by atoms with van der Waals surface area (Å²) in [7, 11) is 0. The van der Waals surface area contributed by atoms with Crippen LogP contribution in [0.2, 0.25) is 0 Å². The number of alkyl carbamates (subject to hydrolysis) is 1. The summed E-state index contributed by atoms with van der Waals surface area (Å²) in [5.41, 5.74) is 3.16. The number of ether oxygens (including phenoxy) is 2. The number of esters is 1. The minimum atomic E-state index is -1.54. The fourth-order valence-electron chi connectivity index (χ4n) is 5.41. The van der Waals surface area contributed by atoms with E-state index in [1.54, 1.807) is 19.2 Å². The Morgan fingerprint density at radius 3 is 2.41 bits per heavy atom. The van der Waals surface area contributed by atoms with Gasteiger partial charge in [-0.2, -0.15) is 0 Å². The molecule has 1 aromatic heterocycles. The predicted octanol–water partition coefficient (Wildman–Crippen LogP) is 6.51. The molecule has 0 spiro atoms. The molecule has 0 radical (unpaired) electrons. The molecule has 3 aromatic rings. The van der Waals surface area contributed by atoms with E-state index >= 15 is 0 Å². The van der Waals surface area contributed by atoms with Crippen LogP contribution in [-0.4, -0.2) is 53.0 Å². The van der Waals surface area contributed by atoms with Crippen LogP contribution in [0.5, 0.6) is 0 Å². The Morgan fingerprint density at radius 2 is 1.77 bits per heavy atom. The van der Waals surface area contributed by atoms with E-state index in [2.05, 4.69) is 24.1 Å². The van der Waals surface area contributed by atoms with Gasteiger partial charge in [0.2, 0.25) is 0 Å². The zero-order chi connectivity index (χ0) is 31.9. The number of thiazole rings is 1. The molecule has 0 saturated heterocycles. The van der Waals surface area contributed by atoms with Crippen molar-refractivity contribution in [2.75, 3.05) is 13.2 Å². The molecule has 0 saturated carbocycles. The van der Waals surface area contributed by atoms with E-state index in [0.717, 1.165) is 22.4 Å². The summed E-state index contributed by atoms with van der Waals surface area (Å²) in [5, 5.41) is 16.0. The van der Waals surface area contributed by atoms with Crippen LogP contribution < -0.4 is 5.32 Å². The van der Waals surface area contributed by atoms with Crippen LogP contribution in [0.25, 0.3) is 5.57 Å². The fraction of sp³-hybridized carbons (Fsp3) is 0.382. The molecule has 2 aromatic carbocycles. The lowest BCUT2D eigenvalue weighted by molar-refractivity contribution is -0.146. The number of amides is 1. The number of aromatic nitrogens is 1. The van der Waals surface area contributed by atoms with Crippen LogP contribution in [0.1, 0.15) is 66.3 Å². The number of dihydropyridines is 1. The maximum Gasteiger partial charge on any atom is 0.407 e. The molecule has 2 heterocycles. The van der Waals surface area contributed by atoms with Gasteiger partial charge in [-0.25, -0.2) is 14.6 Å². The Hall–Kier alpha value is -4.31. The van der Waals surface area contributed by atoms with Gasteiger partial charge in [0.25, 0.3) is 0 Å². The number of carbonyl (C=O) groups is 3. The molecule has 2 unspecified atom stereocenters. The standard InChI is InChI=1S/C34H39N3O6S/c1-6-42-31(38)28-20-44-29(37-28)17-34(32(39)40)23(5)36-27(16-21(2)3)26(30(34)25-14-12-22(4)13-15-25)18-35-33(41)43-19-24-10-8-7-9-11-24/h7-15,20-21,23H,6,16-19H2,1-5H3,(H,35,41)(H,39,40). The van der Waals surface area contributed by atoms with E-state index in [-0.39, 0.29) is 37.8 Å². The van der Waals surface area contributed by atoms with Crippen molar-refractivity contribution in [2.45, 2.75) is 60.1 Å². The van der Waals surface area contributed by atoms with Gasteiger partial charge < -0.3 is 19.9 Å². The summed E-state index contributed by atoms with van der Waals surface area (Å²) < 4.78 is 10.6. The third-order valence-electron chi connectivity index (χ3n) is 7.57. The zero-order valence-corrected chi connectivity index (χ0v) is 26.6. The van der Waals surface area contributed by atoms with Crippen molar-refractivity contribution in [1.29, 1.82) is 0 Å².